The number of nitrogens with zero attached hydrogens (tertiary/aromatic N) is 5. The molecule has 1 saturated heterocycles. The van der Waals surface area contributed by atoms with Crippen molar-refractivity contribution in [3.05, 3.63) is 31.0 Å². The van der Waals surface area contributed by atoms with Gasteiger partial charge in [0.25, 0.3) is 0 Å². The van der Waals surface area contributed by atoms with Crippen LogP contribution in [-0.2, 0) is 9.59 Å². The minimum Gasteiger partial charge on any atom is -0.330 e. The van der Waals surface area contributed by atoms with E-state index in [0.29, 0.717) is 24.5 Å². The fourth-order valence-electron chi connectivity index (χ4n) is 2.91. The summed E-state index contributed by atoms with van der Waals surface area (Å²) in [5.41, 5.74) is 0.584. The molecule has 126 valence electrons. The second-order valence-electron chi connectivity index (χ2n) is 6.11. The highest BCUT2D eigenvalue weighted by Gasteiger charge is 2.34. The van der Waals surface area contributed by atoms with Crippen LogP contribution in [-0.4, -0.2) is 49.0 Å². The SMILES string of the molecule is CC(C)C(C(=O)Nc1ccc(-n2cncn2)nc1)N1CCCC1=O. The molecule has 3 rings (SSSR count). The second kappa shape index (κ2) is 6.77. The van der Waals surface area contributed by atoms with Crippen molar-refractivity contribution >= 4 is 17.5 Å². The van der Waals surface area contributed by atoms with Crippen molar-refractivity contribution < 1.29 is 9.59 Å². The number of pyridine rings is 1. The van der Waals surface area contributed by atoms with E-state index in [0.717, 1.165) is 6.42 Å². The molecule has 8 nitrogen and oxygen atoms in total. The number of likely N-dealkylation sites (tertiary alicyclic amines) is 1. The van der Waals surface area contributed by atoms with Gasteiger partial charge in [-0.1, -0.05) is 13.8 Å². The topological polar surface area (TPSA) is 93.0 Å². The van der Waals surface area contributed by atoms with E-state index < -0.39 is 6.04 Å². The molecule has 1 aliphatic rings. The van der Waals surface area contributed by atoms with Gasteiger partial charge in [-0.15, -0.1) is 0 Å². The molecule has 0 saturated carbocycles. The molecule has 2 aromatic heterocycles. The maximum Gasteiger partial charge on any atom is 0.247 e. The third-order valence-electron chi connectivity index (χ3n) is 4.01. The molecule has 1 unspecified atom stereocenters. The number of nitrogens with one attached hydrogen (secondary N) is 1. The molecule has 8 heteroatoms. The van der Waals surface area contributed by atoms with Gasteiger partial charge in [-0.25, -0.2) is 14.6 Å². The molecule has 0 spiro atoms. The Labute approximate surface area is 139 Å². The summed E-state index contributed by atoms with van der Waals surface area (Å²) in [6, 6.07) is 3.04. The first-order valence-corrected chi connectivity index (χ1v) is 7.97. The summed E-state index contributed by atoms with van der Waals surface area (Å²) in [4.78, 5) is 34.4. The molecule has 1 fully saturated rings. The molecule has 1 N–H and O–H groups in total. The Morgan fingerprint density at radius 1 is 1.33 bits per heavy atom. The summed E-state index contributed by atoms with van der Waals surface area (Å²) < 4.78 is 1.53. The number of aromatic nitrogens is 4. The third kappa shape index (κ3) is 3.27. The summed E-state index contributed by atoms with van der Waals surface area (Å²) in [5.74, 6) is 0.508. The van der Waals surface area contributed by atoms with Crippen molar-refractivity contribution in [1.29, 1.82) is 0 Å². The first-order valence-electron chi connectivity index (χ1n) is 7.97. The van der Waals surface area contributed by atoms with Gasteiger partial charge in [-0.3, -0.25) is 9.59 Å². The van der Waals surface area contributed by atoms with Crippen molar-refractivity contribution in [2.45, 2.75) is 32.7 Å². The zero-order valence-corrected chi connectivity index (χ0v) is 13.7. The number of rotatable bonds is 5. The van der Waals surface area contributed by atoms with Gasteiger partial charge >= 0.3 is 0 Å². The van der Waals surface area contributed by atoms with Crippen molar-refractivity contribution in [2.75, 3.05) is 11.9 Å². The van der Waals surface area contributed by atoms with E-state index in [1.54, 1.807) is 29.6 Å². The van der Waals surface area contributed by atoms with Gasteiger partial charge in [0.1, 0.15) is 18.7 Å². The molecule has 0 bridgehead atoms. The number of hydrogen-bond donors (Lipinski definition) is 1. The number of carbonyl (C=O) groups is 2. The highest BCUT2D eigenvalue weighted by molar-refractivity contribution is 5.97. The lowest BCUT2D eigenvalue weighted by Crippen LogP contribution is -2.47. The van der Waals surface area contributed by atoms with Gasteiger partial charge in [-0.05, 0) is 24.5 Å². The van der Waals surface area contributed by atoms with E-state index >= 15 is 0 Å². The number of hydrogen-bond acceptors (Lipinski definition) is 5. The van der Waals surface area contributed by atoms with E-state index in [2.05, 4.69) is 20.4 Å². The Bertz CT molecular complexity index is 711. The summed E-state index contributed by atoms with van der Waals surface area (Å²) in [7, 11) is 0. The predicted octanol–water partition coefficient (Wildman–Crippen LogP) is 1.25. The maximum atomic E-state index is 12.6. The van der Waals surface area contributed by atoms with Gasteiger partial charge in [0.05, 0.1) is 11.9 Å². The first kappa shape index (κ1) is 16.1. The van der Waals surface area contributed by atoms with Crippen LogP contribution < -0.4 is 5.32 Å². The molecular weight excluding hydrogens is 308 g/mol. The van der Waals surface area contributed by atoms with Gasteiger partial charge in [0, 0.05) is 13.0 Å². The fraction of sp³-hybridized carbons (Fsp3) is 0.438. The maximum absolute atomic E-state index is 12.6. The van der Waals surface area contributed by atoms with E-state index in [-0.39, 0.29) is 17.7 Å². The molecule has 2 aromatic rings. The number of amides is 2. The monoisotopic (exact) mass is 328 g/mol. The Morgan fingerprint density at radius 2 is 2.17 bits per heavy atom. The Morgan fingerprint density at radius 3 is 2.71 bits per heavy atom. The quantitative estimate of drug-likeness (QED) is 0.891. The zero-order chi connectivity index (χ0) is 17.1. The van der Waals surface area contributed by atoms with Crippen LogP contribution in [0.4, 0.5) is 5.69 Å². The lowest BCUT2D eigenvalue weighted by atomic mass is 10.0. The lowest BCUT2D eigenvalue weighted by Gasteiger charge is -2.29. The van der Waals surface area contributed by atoms with Crippen LogP contribution in [0, 0.1) is 5.92 Å². The normalized spacial score (nSPS) is 15.8. The van der Waals surface area contributed by atoms with E-state index in [4.69, 9.17) is 0 Å². The molecule has 1 aliphatic heterocycles. The fourth-order valence-corrected chi connectivity index (χ4v) is 2.91. The number of anilines is 1. The van der Waals surface area contributed by atoms with Crippen molar-refractivity contribution in [1.82, 2.24) is 24.6 Å². The molecule has 0 aliphatic carbocycles. The standard InChI is InChI=1S/C16H20N6O2/c1-11(2)15(21-7-3-4-14(21)23)16(24)20-12-5-6-13(18-8-12)22-10-17-9-19-22/h5-6,8-11,15H,3-4,7H2,1-2H3,(H,20,24). The lowest BCUT2D eigenvalue weighted by molar-refractivity contribution is -0.136. The minimum absolute atomic E-state index is 0.0365. The Hall–Kier alpha value is -2.77. The smallest absolute Gasteiger partial charge is 0.247 e. The van der Waals surface area contributed by atoms with Crippen LogP contribution in [0.5, 0.6) is 0 Å². The molecule has 0 radical (unpaired) electrons. The van der Waals surface area contributed by atoms with Crippen LogP contribution in [0.25, 0.3) is 5.82 Å². The first-order chi connectivity index (χ1) is 11.6. The van der Waals surface area contributed by atoms with Gasteiger partial charge in [-0.2, -0.15) is 5.10 Å². The van der Waals surface area contributed by atoms with Crippen LogP contribution >= 0.6 is 0 Å². The third-order valence-corrected chi connectivity index (χ3v) is 4.01. The van der Waals surface area contributed by atoms with Crippen LogP contribution in [0.1, 0.15) is 26.7 Å². The Kier molecular flexibility index (Phi) is 4.54. The van der Waals surface area contributed by atoms with Crippen molar-refractivity contribution in [3.8, 4) is 5.82 Å². The number of carbonyl (C=O) groups excluding carboxylic acids is 2. The van der Waals surface area contributed by atoms with Crippen molar-refractivity contribution in [3.63, 3.8) is 0 Å². The minimum atomic E-state index is -0.463. The van der Waals surface area contributed by atoms with Gasteiger partial charge in [0.2, 0.25) is 11.8 Å². The largest absolute Gasteiger partial charge is 0.330 e. The van der Waals surface area contributed by atoms with Gasteiger partial charge in [0.15, 0.2) is 5.82 Å². The molecule has 1 atom stereocenters. The summed E-state index contributed by atoms with van der Waals surface area (Å²) >= 11 is 0. The van der Waals surface area contributed by atoms with Crippen LogP contribution in [0.15, 0.2) is 31.0 Å². The zero-order valence-electron chi connectivity index (χ0n) is 13.7. The van der Waals surface area contributed by atoms with Crippen molar-refractivity contribution in [2.24, 2.45) is 5.92 Å². The summed E-state index contributed by atoms with van der Waals surface area (Å²) in [6.07, 6.45) is 5.87. The molecule has 24 heavy (non-hydrogen) atoms. The highest BCUT2D eigenvalue weighted by Crippen LogP contribution is 2.20. The summed E-state index contributed by atoms with van der Waals surface area (Å²) in [6.45, 7) is 4.53. The van der Waals surface area contributed by atoms with E-state index in [1.165, 1.54) is 11.0 Å². The highest BCUT2D eigenvalue weighted by atomic mass is 16.2. The Balaban J connectivity index is 1.71. The molecule has 3 heterocycles. The van der Waals surface area contributed by atoms with Crippen LogP contribution in [0.2, 0.25) is 0 Å². The van der Waals surface area contributed by atoms with Gasteiger partial charge < -0.3 is 10.2 Å². The second-order valence-corrected chi connectivity index (χ2v) is 6.11. The average molecular weight is 328 g/mol. The van der Waals surface area contributed by atoms with E-state index in [1.807, 2.05) is 13.8 Å². The molecular formula is C16H20N6O2. The molecule has 2 amide bonds. The predicted molar refractivity (Wildman–Crippen MR) is 87.4 cm³/mol. The van der Waals surface area contributed by atoms with E-state index in [9.17, 15) is 9.59 Å². The summed E-state index contributed by atoms with van der Waals surface area (Å²) in [5, 5.41) is 6.85. The average Bonchev–Trinajstić information content (AvgIpc) is 3.21. The molecule has 0 aromatic carbocycles. The van der Waals surface area contributed by atoms with Crippen LogP contribution in [0.3, 0.4) is 0 Å².